The highest BCUT2D eigenvalue weighted by atomic mass is 16.4. The molecule has 3 N–H and O–H groups in total. The van der Waals surface area contributed by atoms with Crippen LogP contribution >= 0.6 is 0 Å². The molecule has 0 aliphatic carbocycles. The Morgan fingerprint density at radius 3 is 2.61 bits per heavy atom. The van der Waals surface area contributed by atoms with Gasteiger partial charge in [0, 0.05) is 11.3 Å². The minimum Gasteiger partial charge on any atom is -0.476 e. The number of carboxylic acid groups (broad SMARTS) is 1. The summed E-state index contributed by atoms with van der Waals surface area (Å²) in [4.78, 5) is 11.5. The van der Waals surface area contributed by atoms with Crippen LogP contribution in [0, 0.1) is 13.8 Å². The lowest BCUT2D eigenvalue weighted by Crippen LogP contribution is -2.04. The highest BCUT2D eigenvalue weighted by Crippen LogP contribution is 2.28. The van der Waals surface area contributed by atoms with E-state index < -0.39 is 5.97 Å². The van der Waals surface area contributed by atoms with Gasteiger partial charge in [-0.1, -0.05) is 29.5 Å². The van der Waals surface area contributed by atoms with Gasteiger partial charge in [0.15, 0.2) is 5.69 Å². The summed E-state index contributed by atoms with van der Waals surface area (Å²) in [6.07, 6.45) is 0. The van der Waals surface area contributed by atoms with Gasteiger partial charge in [-0.2, -0.15) is 0 Å². The molecule has 116 valence electrons. The summed E-state index contributed by atoms with van der Waals surface area (Å²) < 4.78 is 1.53. The van der Waals surface area contributed by atoms with Crippen molar-refractivity contribution in [2.24, 2.45) is 0 Å². The number of carbonyl (C=O) groups is 1. The van der Waals surface area contributed by atoms with E-state index in [9.17, 15) is 9.90 Å². The van der Waals surface area contributed by atoms with Gasteiger partial charge in [-0.15, -0.1) is 5.10 Å². The first-order valence-electron chi connectivity index (χ1n) is 7.10. The lowest BCUT2D eigenvalue weighted by Gasteiger charge is -2.09. The van der Waals surface area contributed by atoms with Gasteiger partial charge in [-0.3, -0.25) is 0 Å². The maximum atomic E-state index is 11.5. The van der Waals surface area contributed by atoms with Crippen LogP contribution in [0.25, 0.3) is 16.9 Å². The largest absolute Gasteiger partial charge is 0.476 e. The standard InChI is InChI=1S/C17H16N4O2/c1-10-4-3-5-13(8-10)21-16(15(17(22)23)19-20-21)12-7-6-11(2)14(18)9-12/h3-9H,18H2,1-2H3,(H,22,23). The van der Waals surface area contributed by atoms with Crippen molar-refractivity contribution < 1.29 is 9.90 Å². The van der Waals surface area contributed by atoms with Crippen molar-refractivity contribution in [3.05, 3.63) is 59.3 Å². The smallest absolute Gasteiger partial charge is 0.358 e. The van der Waals surface area contributed by atoms with Gasteiger partial charge >= 0.3 is 5.97 Å². The predicted molar refractivity (Wildman–Crippen MR) is 87.6 cm³/mol. The quantitative estimate of drug-likeness (QED) is 0.726. The highest BCUT2D eigenvalue weighted by molar-refractivity contribution is 5.93. The van der Waals surface area contributed by atoms with Crippen molar-refractivity contribution in [1.29, 1.82) is 0 Å². The topological polar surface area (TPSA) is 94.0 Å². The predicted octanol–water partition coefficient (Wildman–Crippen LogP) is 2.83. The number of anilines is 1. The van der Waals surface area contributed by atoms with E-state index in [-0.39, 0.29) is 5.69 Å². The van der Waals surface area contributed by atoms with Gasteiger partial charge in [-0.05, 0) is 43.2 Å². The Labute approximate surface area is 133 Å². The van der Waals surface area contributed by atoms with Crippen LogP contribution in [0.2, 0.25) is 0 Å². The summed E-state index contributed by atoms with van der Waals surface area (Å²) in [5.41, 5.74) is 10.3. The summed E-state index contributed by atoms with van der Waals surface area (Å²) in [5.74, 6) is -1.13. The van der Waals surface area contributed by atoms with E-state index in [1.54, 1.807) is 6.07 Å². The normalized spacial score (nSPS) is 10.7. The molecule has 1 heterocycles. The number of nitrogen functional groups attached to an aromatic ring is 1. The molecule has 6 nitrogen and oxygen atoms in total. The van der Waals surface area contributed by atoms with Crippen molar-refractivity contribution in [2.75, 3.05) is 5.73 Å². The molecular weight excluding hydrogens is 292 g/mol. The van der Waals surface area contributed by atoms with Gasteiger partial charge in [0.2, 0.25) is 0 Å². The number of nitrogens with zero attached hydrogens (tertiary/aromatic N) is 3. The molecule has 3 rings (SSSR count). The fourth-order valence-electron chi connectivity index (χ4n) is 2.41. The number of nitrogens with two attached hydrogens (primary N) is 1. The first-order chi connectivity index (χ1) is 11.0. The van der Waals surface area contributed by atoms with E-state index >= 15 is 0 Å². The van der Waals surface area contributed by atoms with Crippen LogP contribution in [0.4, 0.5) is 5.69 Å². The Balaban J connectivity index is 2.26. The Morgan fingerprint density at radius 1 is 1.17 bits per heavy atom. The fraction of sp³-hybridized carbons (Fsp3) is 0.118. The average molecular weight is 308 g/mol. The molecule has 0 amide bonds. The van der Waals surface area contributed by atoms with E-state index in [0.29, 0.717) is 16.9 Å². The lowest BCUT2D eigenvalue weighted by atomic mass is 10.1. The Kier molecular flexibility index (Phi) is 3.57. The number of aromatic carboxylic acids is 1. The van der Waals surface area contributed by atoms with Crippen molar-refractivity contribution >= 4 is 11.7 Å². The van der Waals surface area contributed by atoms with E-state index in [1.807, 2.05) is 50.2 Å². The van der Waals surface area contributed by atoms with E-state index in [4.69, 9.17) is 5.73 Å². The fourth-order valence-corrected chi connectivity index (χ4v) is 2.41. The third kappa shape index (κ3) is 2.66. The number of aromatic nitrogens is 3. The van der Waals surface area contributed by atoms with Gasteiger partial charge < -0.3 is 10.8 Å². The number of rotatable bonds is 3. The molecule has 3 aromatic rings. The Morgan fingerprint density at radius 2 is 1.96 bits per heavy atom. The zero-order valence-corrected chi connectivity index (χ0v) is 12.8. The maximum absolute atomic E-state index is 11.5. The molecule has 6 heteroatoms. The first-order valence-corrected chi connectivity index (χ1v) is 7.10. The second-order valence-corrected chi connectivity index (χ2v) is 5.41. The van der Waals surface area contributed by atoms with Gasteiger partial charge in [0.05, 0.1) is 5.69 Å². The average Bonchev–Trinajstić information content (AvgIpc) is 2.95. The number of carboxylic acids is 1. The molecule has 0 unspecified atom stereocenters. The summed E-state index contributed by atoms with van der Waals surface area (Å²) >= 11 is 0. The lowest BCUT2D eigenvalue weighted by molar-refractivity contribution is 0.0691. The second-order valence-electron chi connectivity index (χ2n) is 5.41. The van der Waals surface area contributed by atoms with Gasteiger partial charge in [-0.25, -0.2) is 9.48 Å². The molecule has 0 aliphatic rings. The molecule has 0 radical (unpaired) electrons. The zero-order valence-electron chi connectivity index (χ0n) is 12.8. The first kappa shape index (κ1) is 14.8. The minimum absolute atomic E-state index is 0.102. The van der Waals surface area contributed by atoms with Crippen LogP contribution in [0.5, 0.6) is 0 Å². The SMILES string of the molecule is Cc1cccc(-n2nnc(C(=O)O)c2-c2ccc(C)c(N)c2)c1. The van der Waals surface area contributed by atoms with Crippen LogP contribution in [-0.2, 0) is 0 Å². The number of benzene rings is 2. The molecule has 2 aromatic carbocycles. The van der Waals surface area contributed by atoms with Crippen LogP contribution in [0.3, 0.4) is 0 Å². The third-order valence-electron chi connectivity index (χ3n) is 3.67. The zero-order chi connectivity index (χ0) is 16.6. The van der Waals surface area contributed by atoms with Crippen molar-refractivity contribution in [1.82, 2.24) is 15.0 Å². The van der Waals surface area contributed by atoms with E-state index in [2.05, 4.69) is 10.3 Å². The van der Waals surface area contributed by atoms with E-state index in [1.165, 1.54) is 4.68 Å². The van der Waals surface area contributed by atoms with Crippen LogP contribution in [0.15, 0.2) is 42.5 Å². The second kappa shape index (κ2) is 5.57. The minimum atomic E-state index is -1.13. The maximum Gasteiger partial charge on any atom is 0.358 e. The molecule has 1 aromatic heterocycles. The van der Waals surface area contributed by atoms with Crippen LogP contribution in [-0.4, -0.2) is 26.1 Å². The van der Waals surface area contributed by atoms with Crippen LogP contribution in [0.1, 0.15) is 21.6 Å². The number of hydrogen-bond donors (Lipinski definition) is 2. The van der Waals surface area contributed by atoms with E-state index in [0.717, 1.165) is 16.8 Å². The number of aryl methyl sites for hydroxylation is 2. The molecular formula is C17H16N4O2. The van der Waals surface area contributed by atoms with Gasteiger partial charge in [0.25, 0.3) is 0 Å². The molecule has 0 saturated heterocycles. The molecule has 0 bridgehead atoms. The van der Waals surface area contributed by atoms with Crippen molar-refractivity contribution in [2.45, 2.75) is 13.8 Å². The monoisotopic (exact) mass is 308 g/mol. The molecule has 0 spiro atoms. The summed E-state index contributed by atoms with van der Waals surface area (Å²) in [5, 5.41) is 17.3. The molecule has 0 atom stereocenters. The summed E-state index contributed by atoms with van der Waals surface area (Å²) in [7, 11) is 0. The Hall–Kier alpha value is -3.15. The highest BCUT2D eigenvalue weighted by Gasteiger charge is 2.22. The Bertz CT molecular complexity index is 899. The summed E-state index contributed by atoms with van der Waals surface area (Å²) in [6, 6.07) is 13.0. The molecule has 23 heavy (non-hydrogen) atoms. The van der Waals surface area contributed by atoms with Crippen molar-refractivity contribution in [3.8, 4) is 16.9 Å². The molecule has 0 saturated carbocycles. The molecule has 0 aliphatic heterocycles. The van der Waals surface area contributed by atoms with Crippen LogP contribution < -0.4 is 5.73 Å². The molecule has 0 fully saturated rings. The third-order valence-corrected chi connectivity index (χ3v) is 3.67. The van der Waals surface area contributed by atoms with Gasteiger partial charge in [0.1, 0.15) is 5.69 Å². The summed E-state index contributed by atoms with van der Waals surface area (Å²) in [6.45, 7) is 3.86. The van der Waals surface area contributed by atoms with Crippen molar-refractivity contribution in [3.63, 3.8) is 0 Å². The number of hydrogen-bond acceptors (Lipinski definition) is 4.